The minimum Gasteiger partial charge on any atom is -0.462 e. The van der Waals surface area contributed by atoms with Gasteiger partial charge in [0, 0.05) is 31.5 Å². The number of nitrogens with one attached hydrogen (secondary N) is 1. The minimum absolute atomic E-state index is 0.359. The Morgan fingerprint density at radius 1 is 1.42 bits per heavy atom. The smallest absolute Gasteiger partial charge is 0.341 e. The van der Waals surface area contributed by atoms with Crippen LogP contribution in [0.5, 0.6) is 0 Å². The standard InChI is InChI=1S/C13H18N4O2/c1-3-19-12(18)8-4-14-13(15-5-8)16-11-9-6-17(2)7-10(9)11/h4-5,9-11H,3,6-7H2,1-2H3,(H,14,15,16). The molecule has 1 aromatic rings. The molecule has 19 heavy (non-hydrogen) atoms. The Kier molecular flexibility index (Phi) is 3.10. The Labute approximate surface area is 112 Å². The van der Waals surface area contributed by atoms with Crippen LogP contribution in [0.15, 0.2) is 12.4 Å². The van der Waals surface area contributed by atoms with E-state index in [0.717, 1.165) is 24.9 Å². The molecule has 6 nitrogen and oxygen atoms in total. The zero-order chi connectivity index (χ0) is 13.4. The van der Waals surface area contributed by atoms with E-state index in [9.17, 15) is 4.79 Å². The van der Waals surface area contributed by atoms with Crippen LogP contribution < -0.4 is 5.32 Å². The Hall–Kier alpha value is -1.69. The topological polar surface area (TPSA) is 67.3 Å². The van der Waals surface area contributed by atoms with Gasteiger partial charge in [-0.1, -0.05) is 0 Å². The van der Waals surface area contributed by atoms with Crippen LogP contribution >= 0.6 is 0 Å². The number of hydrogen-bond acceptors (Lipinski definition) is 6. The number of nitrogens with zero attached hydrogens (tertiary/aromatic N) is 3. The van der Waals surface area contributed by atoms with Gasteiger partial charge in [-0.25, -0.2) is 14.8 Å². The summed E-state index contributed by atoms with van der Waals surface area (Å²) in [6.45, 7) is 4.42. The summed E-state index contributed by atoms with van der Waals surface area (Å²) < 4.78 is 4.89. The Balaban J connectivity index is 1.57. The molecule has 0 aromatic carbocycles. The van der Waals surface area contributed by atoms with E-state index >= 15 is 0 Å². The fraction of sp³-hybridized carbons (Fsp3) is 0.615. The number of piperidine rings is 1. The van der Waals surface area contributed by atoms with Gasteiger partial charge in [-0.3, -0.25) is 0 Å². The maximum atomic E-state index is 11.5. The molecule has 1 saturated carbocycles. The Bertz CT molecular complexity index is 464. The zero-order valence-electron chi connectivity index (χ0n) is 11.2. The summed E-state index contributed by atoms with van der Waals surface area (Å²) in [5.74, 6) is 1.66. The van der Waals surface area contributed by atoms with Crippen molar-refractivity contribution in [1.82, 2.24) is 14.9 Å². The molecule has 1 aromatic heterocycles. The molecule has 1 aliphatic carbocycles. The second-order valence-electron chi connectivity index (χ2n) is 5.23. The normalized spacial score (nSPS) is 28.8. The van der Waals surface area contributed by atoms with Crippen molar-refractivity contribution < 1.29 is 9.53 Å². The molecular weight excluding hydrogens is 244 g/mol. The van der Waals surface area contributed by atoms with Crippen LogP contribution in [0.4, 0.5) is 5.95 Å². The lowest BCUT2D eigenvalue weighted by atomic mass is 10.3. The van der Waals surface area contributed by atoms with Crippen molar-refractivity contribution in [3.8, 4) is 0 Å². The molecule has 2 heterocycles. The van der Waals surface area contributed by atoms with E-state index < -0.39 is 0 Å². The molecule has 1 N–H and O–H groups in total. The zero-order valence-corrected chi connectivity index (χ0v) is 11.2. The lowest BCUT2D eigenvalue weighted by molar-refractivity contribution is 0.0525. The summed E-state index contributed by atoms with van der Waals surface area (Å²) in [5.41, 5.74) is 0.392. The van der Waals surface area contributed by atoms with E-state index in [-0.39, 0.29) is 5.97 Å². The maximum Gasteiger partial charge on any atom is 0.341 e. The van der Waals surface area contributed by atoms with E-state index in [0.29, 0.717) is 24.2 Å². The van der Waals surface area contributed by atoms with Crippen molar-refractivity contribution in [2.45, 2.75) is 13.0 Å². The summed E-state index contributed by atoms with van der Waals surface area (Å²) in [6, 6.07) is 0.490. The van der Waals surface area contributed by atoms with Gasteiger partial charge < -0.3 is 15.0 Å². The molecule has 1 saturated heterocycles. The summed E-state index contributed by atoms with van der Waals surface area (Å²) in [7, 11) is 2.15. The number of likely N-dealkylation sites (tertiary alicyclic amines) is 1. The highest BCUT2D eigenvalue weighted by atomic mass is 16.5. The van der Waals surface area contributed by atoms with Gasteiger partial charge in [-0.2, -0.15) is 0 Å². The molecule has 1 aliphatic heterocycles. The first-order chi connectivity index (χ1) is 9.19. The molecule has 2 fully saturated rings. The maximum absolute atomic E-state index is 11.5. The van der Waals surface area contributed by atoms with Crippen LogP contribution in [-0.2, 0) is 4.74 Å². The molecule has 2 unspecified atom stereocenters. The molecule has 0 spiro atoms. The summed E-state index contributed by atoms with van der Waals surface area (Å²) >= 11 is 0. The third-order valence-electron chi connectivity index (χ3n) is 3.84. The Morgan fingerprint density at radius 2 is 2.05 bits per heavy atom. The fourth-order valence-electron chi connectivity index (χ4n) is 2.82. The third kappa shape index (κ3) is 2.40. The van der Waals surface area contributed by atoms with Gasteiger partial charge in [0.05, 0.1) is 12.2 Å². The molecule has 102 valence electrons. The third-order valence-corrected chi connectivity index (χ3v) is 3.84. The predicted octanol–water partition coefficient (Wildman–Crippen LogP) is 0.625. The number of esters is 1. The largest absolute Gasteiger partial charge is 0.462 e. The first kappa shape index (κ1) is 12.3. The average Bonchev–Trinajstić information content (AvgIpc) is 2.85. The van der Waals surface area contributed by atoms with E-state index in [1.54, 1.807) is 6.92 Å². The number of ether oxygens (including phenoxy) is 1. The molecule has 3 rings (SSSR count). The number of anilines is 1. The molecule has 2 atom stereocenters. The summed E-state index contributed by atoms with van der Waals surface area (Å²) in [6.07, 6.45) is 3.02. The molecule has 0 radical (unpaired) electrons. The van der Waals surface area contributed by atoms with Gasteiger partial charge in [-0.05, 0) is 25.8 Å². The van der Waals surface area contributed by atoms with Gasteiger partial charge in [-0.15, -0.1) is 0 Å². The summed E-state index contributed by atoms with van der Waals surface area (Å²) in [4.78, 5) is 22.1. The molecule has 0 amide bonds. The minimum atomic E-state index is -0.376. The van der Waals surface area contributed by atoms with Crippen molar-refractivity contribution in [3.63, 3.8) is 0 Å². The van der Waals surface area contributed by atoms with Crippen LogP contribution in [-0.4, -0.2) is 53.6 Å². The van der Waals surface area contributed by atoms with E-state index in [1.807, 2.05) is 0 Å². The van der Waals surface area contributed by atoms with E-state index in [1.165, 1.54) is 12.4 Å². The van der Waals surface area contributed by atoms with Crippen LogP contribution in [0.3, 0.4) is 0 Å². The molecule has 6 heteroatoms. The predicted molar refractivity (Wildman–Crippen MR) is 69.9 cm³/mol. The lowest BCUT2D eigenvalue weighted by Gasteiger charge is -2.13. The van der Waals surface area contributed by atoms with Crippen LogP contribution in [0, 0.1) is 11.8 Å². The van der Waals surface area contributed by atoms with E-state index in [2.05, 4.69) is 27.2 Å². The van der Waals surface area contributed by atoms with Gasteiger partial charge in [0.25, 0.3) is 0 Å². The average molecular weight is 262 g/mol. The van der Waals surface area contributed by atoms with Crippen molar-refractivity contribution in [2.75, 3.05) is 32.1 Å². The second-order valence-corrected chi connectivity index (χ2v) is 5.23. The van der Waals surface area contributed by atoms with Crippen LogP contribution in [0.1, 0.15) is 17.3 Å². The van der Waals surface area contributed by atoms with Crippen molar-refractivity contribution in [2.24, 2.45) is 11.8 Å². The lowest BCUT2D eigenvalue weighted by Crippen LogP contribution is -2.24. The number of carbonyl (C=O) groups is 1. The summed E-state index contributed by atoms with van der Waals surface area (Å²) in [5, 5.41) is 3.34. The quantitative estimate of drug-likeness (QED) is 0.803. The number of fused-ring (bicyclic) bond motifs is 1. The molecule has 2 aliphatic rings. The van der Waals surface area contributed by atoms with Crippen LogP contribution in [0.25, 0.3) is 0 Å². The van der Waals surface area contributed by atoms with Crippen LogP contribution in [0.2, 0.25) is 0 Å². The number of rotatable bonds is 4. The second kappa shape index (κ2) is 4.77. The number of aromatic nitrogens is 2. The van der Waals surface area contributed by atoms with Gasteiger partial charge in [0.2, 0.25) is 5.95 Å². The highest BCUT2D eigenvalue weighted by Gasteiger charge is 2.55. The monoisotopic (exact) mass is 262 g/mol. The van der Waals surface area contributed by atoms with Gasteiger partial charge >= 0.3 is 5.97 Å². The Morgan fingerprint density at radius 3 is 2.63 bits per heavy atom. The first-order valence-electron chi connectivity index (χ1n) is 6.63. The first-order valence-corrected chi connectivity index (χ1v) is 6.63. The highest BCUT2D eigenvalue weighted by Crippen LogP contribution is 2.46. The van der Waals surface area contributed by atoms with Crippen molar-refractivity contribution in [1.29, 1.82) is 0 Å². The molecule has 0 bridgehead atoms. The fourth-order valence-corrected chi connectivity index (χ4v) is 2.82. The van der Waals surface area contributed by atoms with Gasteiger partial charge in [0.1, 0.15) is 0 Å². The van der Waals surface area contributed by atoms with Gasteiger partial charge in [0.15, 0.2) is 0 Å². The molecular formula is C13H18N4O2. The number of hydrogen-bond donors (Lipinski definition) is 1. The number of carbonyl (C=O) groups excluding carboxylic acids is 1. The van der Waals surface area contributed by atoms with Crippen molar-refractivity contribution in [3.05, 3.63) is 18.0 Å². The highest BCUT2D eigenvalue weighted by molar-refractivity contribution is 5.88. The van der Waals surface area contributed by atoms with E-state index in [4.69, 9.17) is 4.74 Å². The SMILES string of the molecule is CCOC(=O)c1cnc(NC2C3CN(C)CC32)nc1. The van der Waals surface area contributed by atoms with Crippen molar-refractivity contribution >= 4 is 11.9 Å².